The van der Waals surface area contributed by atoms with E-state index in [1.807, 2.05) is 12.1 Å². The van der Waals surface area contributed by atoms with E-state index >= 15 is 0 Å². The van der Waals surface area contributed by atoms with E-state index in [4.69, 9.17) is 14.2 Å². The van der Waals surface area contributed by atoms with Gasteiger partial charge in [0.15, 0.2) is 17.1 Å². The van der Waals surface area contributed by atoms with Gasteiger partial charge in [0, 0.05) is 40.4 Å². The van der Waals surface area contributed by atoms with Crippen LogP contribution >= 0.6 is 0 Å². The first kappa shape index (κ1) is 22.3. The van der Waals surface area contributed by atoms with E-state index in [1.165, 1.54) is 27.7 Å². The maximum Gasteiger partial charge on any atom is 0.178 e. The fourth-order valence-electron chi connectivity index (χ4n) is 6.27. The third kappa shape index (κ3) is 3.45. The Morgan fingerprint density at radius 3 is 2.28 bits per heavy atom. The van der Waals surface area contributed by atoms with Crippen molar-refractivity contribution in [3.8, 4) is 17.2 Å². The summed E-state index contributed by atoms with van der Waals surface area (Å²) in [6, 6.07) is 36.2. The molecule has 4 heteroatoms. The molecule has 0 radical (unpaired) electrons. The van der Waals surface area contributed by atoms with E-state index in [0.29, 0.717) is 13.2 Å². The minimum Gasteiger partial charge on any atom is -0.486 e. The Kier molecular flexibility index (Phi) is 4.96. The Hall–Kier alpha value is -4.70. The third-order valence-corrected chi connectivity index (χ3v) is 8.13. The first-order chi connectivity index (χ1) is 19.3. The first-order valence-corrected chi connectivity index (χ1v) is 13.6. The van der Waals surface area contributed by atoms with Gasteiger partial charge in [-0.15, -0.1) is 0 Å². The van der Waals surface area contributed by atoms with Crippen LogP contribution in [0.5, 0.6) is 17.2 Å². The summed E-state index contributed by atoms with van der Waals surface area (Å²) in [7, 11) is 0. The van der Waals surface area contributed by atoms with Crippen LogP contribution in [0.15, 0.2) is 109 Å². The lowest BCUT2D eigenvalue weighted by Gasteiger charge is -2.37. The lowest BCUT2D eigenvalue weighted by Crippen LogP contribution is -2.34. The molecule has 8 rings (SSSR count). The number of rotatable bonds is 3. The van der Waals surface area contributed by atoms with Crippen molar-refractivity contribution in [2.45, 2.75) is 12.0 Å². The second kappa shape index (κ2) is 8.67. The monoisotopic (exact) mass is 509 g/mol. The fraction of sp³-hybridized carbons (Fsp3) is 0.143. The molecule has 190 valence electrons. The van der Waals surface area contributed by atoms with E-state index in [2.05, 4.69) is 108 Å². The minimum atomic E-state index is -0.813. The van der Waals surface area contributed by atoms with Gasteiger partial charge in [-0.1, -0.05) is 78.9 Å². The number of benzene rings is 5. The van der Waals surface area contributed by atoms with Gasteiger partial charge < -0.3 is 19.1 Å². The molecule has 1 atom stereocenters. The molecular weight excluding hydrogens is 482 g/mol. The predicted molar refractivity (Wildman–Crippen MR) is 155 cm³/mol. The van der Waals surface area contributed by atoms with Crippen LogP contribution in [0.4, 0.5) is 11.4 Å². The molecule has 0 N–H and O–H groups in total. The summed E-state index contributed by atoms with van der Waals surface area (Å²) in [5.74, 6) is 2.40. The van der Waals surface area contributed by atoms with Gasteiger partial charge in [0.05, 0.1) is 5.69 Å². The van der Waals surface area contributed by atoms with E-state index in [0.717, 1.165) is 46.9 Å². The molecule has 3 aliphatic heterocycles. The Morgan fingerprint density at radius 1 is 0.615 bits per heavy atom. The maximum absolute atomic E-state index is 7.17. The van der Waals surface area contributed by atoms with Crippen molar-refractivity contribution in [1.29, 1.82) is 0 Å². The first-order valence-electron chi connectivity index (χ1n) is 13.6. The van der Waals surface area contributed by atoms with Crippen LogP contribution in [-0.2, 0) is 12.0 Å². The molecule has 4 nitrogen and oxygen atoms in total. The van der Waals surface area contributed by atoms with E-state index < -0.39 is 5.60 Å². The van der Waals surface area contributed by atoms with Crippen molar-refractivity contribution in [2.75, 3.05) is 24.7 Å². The summed E-state index contributed by atoms with van der Waals surface area (Å²) in [5, 5.41) is 2.42. The second-order valence-electron chi connectivity index (χ2n) is 10.3. The molecule has 0 saturated heterocycles. The highest BCUT2D eigenvalue weighted by atomic mass is 16.6. The van der Waals surface area contributed by atoms with Crippen LogP contribution < -0.4 is 19.1 Å². The molecule has 0 aromatic heterocycles. The van der Waals surface area contributed by atoms with Crippen LogP contribution in [0.3, 0.4) is 0 Å². The molecule has 0 spiro atoms. The zero-order chi connectivity index (χ0) is 25.8. The SMILES string of the molecule is C1=CC(c2ccccc2)(c2ccc3c(c2)OCCO3)Oc2cc(N3CCc4ccccc43)c3ccccc3c21. The summed E-state index contributed by atoms with van der Waals surface area (Å²) in [6.45, 7) is 2.06. The smallest absolute Gasteiger partial charge is 0.178 e. The fourth-order valence-corrected chi connectivity index (χ4v) is 6.27. The van der Waals surface area contributed by atoms with Gasteiger partial charge in [0.25, 0.3) is 0 Å². The molecule has 0 aliphatic carbocycles. The van der Waals surface area contributed by atoms with Crippen molar-refractivity contribution >= 4 is 28.2 Å². The zero-order valence-electron chi connectivity index (χ0n) is 21.5. The summed E-state index contributed by atoms with van der Waals surface area (Å²) in [5.41, 5.74) is 6.18. The summed E-state index contributed by atoms with van der Waals surface area (Å²) in [6.07, 6.45) is 5.45. The number of hydrogen-bond donors (Lipinski definition) is 0. The average molecular weight is 510 g/mol. The lowest BCUT2D eigenvalue weighted by molar-refractivity contribution is 0.155. The largest absolute Gasteiger partial charge is 0.486 e. The molecule has 1 unspecified atom stereocenters. The standard InChI is InChI=1S/C35H27NO3/c1-2-9-25(10-3-1)35(26-14-15-32-34(22-26)38-21-20-37-32)18-16-29-27-11-5-6-12-28(27)31(23-33(29)39-35)36-19-17-24-8-4-7-13-30(24)36/h1-16,18,22-23H,17,19-21H2. The van der Waals surface area contributed by atoms with Crippen LogP contribution in [0.2, 0.25) is 0 Å². The molecule has 3 heterocycles. The molecule has 0 fully saturated rings. The van der Waals surface area contributed by atoms with Crippen molar-refractivity contribution in [3.63, 3.8) is 0 Å². The van der Waals surface area contributed by atoms with E-state index in [9.17, 15) is 0 Å². The third-order valence-electron chi connectivity index (χ3n) is 8.13. The topological polar surface area (TPSA) is 30.9 Å². The number of ether oxygens (including phenoxy) is 3. The number of hydrogen-bond acceptors (Lipinski definition) is 4. The van der Waals surface area contributed by atoms with Gasteiger partial charge in [0.1, 0.15) is 19.0 Å². The minimum absolute atomic E-state index is 0.543. The average Bonchev–Trinajstić information content (AvgIpc) is 3.44. The lowest BCUT2D eigenvalue weighted by atomic mass is 9.83. The van der Waals surface area contributed by atoms with Gasteiger partial charge in [-0.25, -0.2) is 0 Å². The normalized spacial score (nSPS) is 18.9. The van der Waals surface area contributed by atoms with Gasteiger partial charge in [-0.2, -0.15) is 0 Å². The summed E-state index contributed by atoms with van der Waals surface area (Å²) < 4.78 is 19.0. The number of fused-ring (bicyclic) bond motifs is 5. The van der Waals surface area contributed by atoms with Crippen LogP contribution in [0.1, 0.15) is 22.3 Å². The zero-order valence-corrected chi connectivity index (χ0v) is 21.5. The summed E-state index contributed by atoms with van der Waals surface area (Å²) in [4.78, 5) is 2.44. The Morgan fingerprint density at radius 2 is 1.38 bits per heavy atom. The highest BCUT2D eigenvalue weighted by Gasteiger charge is 2.39. The second-order valence-corrected chi connectivity index (χ2v) is 10.3. The highest BCUT2D eigenvalue weighted by molar-refractivity contribution is 6.03. The molecule has 3 aliphatic rings. The highest BCUT2D eigenvalue weighted by Crippen LogP contribution is 2.49. The van der Waals surface area contributed by atoms with Crippen LogP contribution in [0.25, 0.3) is 16.8 Å². The molecule has 0 bridgehead atoms. The quantitative estimate of drug-likeness (QED) is 0.250. The Labute approximate surface area is 227 Å². The van der Waals surface area contributed by atoms with Crippen LogP contribution in [-0.4, -0.2) is 19.8 Å². The molecule has 0 amide bonds. The molecule has 5 aromatic carbocycles. The maximum atomic E-state index is 7.17. The van der Waals surface area contributed by atoms with Crippen molar-refractivity contribution in [1.82, 2.24) is 0 Å². The van der Waals surface area contributed by atoms with E-state index in [1.54, 1.807) is 0 Å². The Bertz CT molecular complexity index is 1760. The van der Waals surface area contributed by atoms with Crippen molar-refractivity contribution in [3.05, 3.63) is 131 Å². The van der Waals surface area contributed by atoms with Crippen molar-refractivity contribution in [2.24, 2.45) is 0 Å². The number of anilines is 2. The molecule has 5 aromatic rings. The summed E-state index contributed by atoms with van der Waals surface area (Å²) >= 11 is 0. The van der Waals surface area contributed by atoms with Gasteiger partial charge in [-0.3, -0.25) is 0 Å². The number of nitrogens with zero attached hydrogens (tertiary/aromatic N) is 1. The van der Waals surface area contributed by atoms with Crippen LogP contribution in [0, 0.1) is 0 Å². The van der Waals surface area contributed by atoms with Crippen molar-refractivity contribution < 1.29 is 14.2 Å². The predicted octanol–water partition coefficient (Wildman–Crippen LogP) is 7.65. The molecule has 0 saturated carbocycles. The van der Waals surface area contributed by atoms with Gasteiger partial charge in [0.2, 0.25) is 0 Å². The molecular formula is C35H27NO3. The van der Waals surface area contributed by atoms with Gasteiger partial charge >= 0.3 is 0 Å². The molecule has 39 heavy (non-hydrogen) atoms. The van der Waals surface area contributed by atoms with E-state index in [-0.39, 0.29) is 0 Å². The number of para-hydroxylation sites is 1. The van der Waals surface area contributed by atoms with Gasteiger partial charge in [-0.05, 0) is 47.7 Å². The Balaban J connectivity index is 1.33.